The van der Waals surface area contributed by atoms with Gasteiger partial charge in [-0.25, -0.2) is 0 Å². The van der Waals surface area contributed by atoms with E-state index < -0.39 is 17.5 Å². The number of rotatable bonds is 8. The van der Waals surface area contributed by atoms with E-state index in [0.29, 0.717) is 19.4 Å². The monoisotopic (exact) mass is 381 g/mol. The first-order valence-electron chi connectivity index (χ1n) is 10.5. The smallest absolute Gasteiger partial charge is 0.245 e. The van der Waals surface area contributed by atoms with E-state index >= 15 is 0 Å². The van der Waals surface area contributed by atoms with Gasteiger partial charge in [0.05, 0.1) is 0 Å². The van der Waals surface area contributed by atoms with Crippen LogP contribution in [-0.4, -0.2) is 47.3 Å². The second kappa shape index (κ2) is 10.7. The molecular weight excluding hydrogens is 342 g/mol. The zero-order chi connectivity index (χ0) is 20.6. The number of nitrogens with one attached hydrogen (secondary N) is 2. The van der Waals surface area contributed by atoms with Crippen molar-refractivity contribution in [2.45, 2.75) is 105 Å². The minimum atomic E-state index is -0.561. The highest BCUT2D eigenvalue weighted by Gasteiger charge is 2.37. The summed E-state index contributed by atoms with van der Waals surface area (Å²) in [5.74, 6) is -0.326. The molecule has 0 aromatic carbocycles. The van der Waals surface area contributed by atoms with Gasteiger partial charge in [0.25, 0.3) is 0 Å². The zero-order valence-corrected chi connectivity index (χ0v) is 18.1. The molecule has 1 aliphatic heterocycles. The van der Waals surface area contributed by atoms with Crippen LogP contribution in [0.2, 0.25) is 0 Å². The number of likely N-dealkylation sites (tertiary alicyclic amines) is 1. The Bertz CT molecular complexity index is 513. The van der Waals surface area contributed by atoms with E-state index in [-0.39, 0.29) is 23.8 Å². The lowest BCUT2D eigenvalue weighted by Gasteiger charge is -2.38. The number of hydrogen-bond acceptors (Lipinski definition) is 3. The summed E-state index contributed by atoms with van der Waals surface area (Å²) in [5, 5.41) is 5.95. The van der Waals surface area contributed by atoms with Crippen molar-refractivity contribution in [3.63, 3.8) is 0 Å². The lowest BCUT2D eigenvalue weighted by molar-refractivity contribution is -0.146. The van der Waals surface area contributed by atoms with Crippen molar-refractivity contribution in [3.8, 4) is 0 Å². The summed E-state index contributed by atoms with van der Waals surface area (Å²) in [5.41, 5.74) is -0.556. The van der Waals surface area contributed by atoms with Crippen LogP contribution in [0.5, 0.6) is 0 Å². The summed E-state index contributed by atoms with van der Waals surface area (Å²) in [4.78, 5) is 40.1. The molecule has 0 radical (unpaired) electrons. The summed E-state index contributed by atoms with van der Waals surface area (Å²) in [6, 6.07) is -0.905. The molecule has 0 aromatic rings. The van der Waals surface area contributed by atoms with Crippen LogP contribution >= 0.6 is 0 Å². The number of amides is 3. The van der Waals surface area contributed by atoms with Gasteiger partial charge in [-0.05, 0) is 39.0 Å². The molecule has 0 bridgehead atoms. The summed E-state index contributed by atoms with van der Waals surface area (Å²) in [6.07, 6.45) is 5.79. The summed E-state index contributed by atoms with van der Waals surface area (Å²) >= 11 is 0. The third kappa shape index (κ3) is 7.15. The maximum atomic E-state index is 13.3. The summed E-state index contributed by atoms with van der Waals surface area (Å²) in [7, 11) is 0. The maximum absolute atomic E-state index is 13.3. The van der Waals surface area contributed by atoms with E-state index in [0.717, 1.165) is 32.1 Å². The van der Waals surface area contributed by atoms with Crippen LogP contribution < -0.4 is 10.6 Å². The second-order valence-electron chi connectivity index (χ2n) is 8.78. The Kier molecular flexibility index (Phi) is 9.27. The molecule has 1 unspecified atom stereocenters. The molecule has 1 saturated heterocycles. The average Bonchev–Trinajstić information content (AvgIpc) is 2.63. The van der Waals surface area contributed by atoms with Gasteiger partial charge in [0, 0.05) is 18.0 Å². The van der Waals surface area contributed by atoms with Crippen molar-refractivity contribution in [1.82, 2.24) is 15.5 Å². The fraction of sp³-hybridized carbons (Fsp3) is 0.857. The topological polar surface area (TPSA) is 78.5 Å². The Morgan fingerprint density at radius 2 is 1.78 bits per heavy atom. The molecule has 6 heteroatoms. The van der Waals surface area contributed by atoms with E-state index in [1.54, 1.807) is 4.90 Å². The molecule has 156 valence electrons. The van der Waals surface area contributed by atoms with Gasteiger partial charge in [-0.3, -0.25) is 14.4 Å². The fourth-order valence-electron chi connectivity index (χ4n) is 3.15. The standard InChI is InChI=1S/C21H39N3O3/c1-7-9-12-16(23-20(27)21(4,5)6)19(26)24-14-11-10-13-17(24)18(25)22-15(3)8-2/h15-17H,7-14H2,1-6H3,(H,22,25)(H,23,27)/t15-,16-,17?/m0/s1. The minimum Gasteiger partial charge on any atom is -0.352 e. The second-order valence-corrected chi connectivity index (χ2v) is 8.78. The van der Waals surface area contributed by atoms with E-state index in [1.165, 1.54) is 0 Å². The lowest BCUT2D eigenvalue weighted by atomic mass is 9.94. The third-order valence-electron chi connectivity index (χ3n) is 5.22. The van der Waals surface area contributed by atoms with E-state index in [9.17, 15) is 14.4 Å². The minimum absolute atomic E-state index is 0.0752. The Morgan fingerprint density at radius 3 is 2.33 bits per heavy atom. The number of piperidine rings is 1. The summed E-state index contributed by atoms with van der Waals surface area (Å²) in [6.45, 7) is 12.2. The Hall–Kier alpha value is -1.59. The van der Waals surface area contributed by atoms with E-state index in [1.807, 2.05) is 34.6 Å². The lowest BCUT2D eigenvalue weighted by Crippen LogP contribution is -2.58. The number of hydrogen-bond donors (Lipinski definition) is 2. The highest BCUT2D eigenvalue weighted by Crippen LogP contribution is 2.21. The van der Waals surface area contributed by atoms with Gasteiger partial charge in [-0.15, -0.1) is 0 Å². The first-order chi connectivity index (χ1) is 12.6. The number of unbranched alkanes of at least 4 members (excludes halogenated alkanes) is 1. The zero-order valence-electron chi connectivity index (χ0n) is 18.1. The van der Waals surface area contributed by atoms with Crippen molar-refractivity contribution in [2.24, 2.45) is 5.41 Å². The van der Waals surface area contributed by atoms with Gasteiger partial charge in [0.2, 0.25) is 17.7 Å². The van der Waals surface area contributed by atoms with Crippen molar-refractivity contribution < 1.29 is 14.4 Å². The molecule has 1 heterocycles. The van der Waals surface area contributed by atoms with Crippen LogP contribution in [-0.2, 0) is 14.4 Å². The van der Waals surface area contributed by atoms with Crippen LogP contribution in [0.1, 0.15) is 86.5 Å². The van der Waals surface area contributed by atoms with Gasteiger partial charge in [0.15, 0.2) is 0 Å². The fourth-order valence-corrected chi connectivity index (χ4v) is 3.15. The van der Waals surface area contributed by atoms with E-state index in [2.05, 4.69) is 17.6 Å². The van der Waals surface area contributed by atoms with Gasteiger partial charge in [0.1, 0.15) is 12.1 Å². The SMILES string of the molecule is CCCC[C@H](NC(=O)C(C)(C)C)C(=O)N1CCCCC1C(=O)N[C@@H](C)CC. The van der Waals surface area contributed by atoms with Crippen LogP contribution in [0, 0.1) is 5.41 Å². The normalized spacial score (nSPS) is 19.9. The average molecular weight is 382 g/mol. The summed E-state index contributed by atoms with van der Waals surface area (Å²) < 4.78 is 0. The molecule has 27 heavy (non-hydrogen) atoms. The first-order valence-corrected chi connectivity index (χ1v) is 10.5. The van der Waals surface area contributed by atoms with Crippen LogP contribution in [0.3, 0.4) is 0 Å². The predicted octanol–water partition coefficient (Wildman–Crippen LogP) is 3.00. The van der Waals surface area contributed by atoms with Gasteiger partial charge in [-0.1, -0.05) is 47.5 Å². The molecule has 1 fully saturated rings. The Morgan fingerprint density at radius 1 is 1.11 bits per heavy atom. The molecule has 0 saturated carbocycles. The third-order valence-corrected chi connectivity index (χ3v) is 5.22. The molecule has 3 amide bonds. The van der Waals surface area contributed by atoms with Crippen molar-refractivity contribution >= 4 is 17.7 Å². The first kappa shape index (κ1) is 23.4. The molecule has 0 spiro atoms. The van der Waals surface area contributed by atoms with E-state index in [4.69, 9.17) is 0 Å². The van der Waals surface area contributed by atoms with Crippen LogP contribution in [0.25, 0.3) is 0 Å². The number of nitrogens with zero attached hydrogens (tertiary/aromatic N) is 1. The van der Waals surface area contributed by atoms with Gasteiger partial charge < -0.3 is 15.5 Å². The largest absolute Gasteiger partial charge is 0.352 e. The van der Waals surface area contributed by atoms with Crippen molar-refractivity contribution in [3.05, 3.63) is 0 Å². The van der Waals surface area contributed by atoms with Gasteiger partial charge >= 0.3 is 0 Å². The Labute approximate surface area is 164 Å². The molecule has 1 aliphatic rings. The van der Waals surface area contributed by atoms with Crippen molar-refractivity contribution in [2.75, 3.05) is 6.54 Å². The molecule has 3 atom stereocenters. The Balaban J connectivity index is 2.94. The molecule has 2 N–H and O–H groups in total. The van der Waals surface area contributed by atoms with Crippen molar-refractivity contribution in [1.29, 1.82) is 0 Å². The maximum Gasteiger partial charge on any atom is 0.245 e. The highest BCUT2D eigenvalue weighted by atomic mass is 16.2. The molecular formula is C21H39N3O3. The highest BCUT2D eigenvalue weighted by molar-refractivity contribution is 5.93. The number of carbonyl (C=O) groups is 3. The molecule has 1 rings (SSSR count). The molecule has 6 nitrogen and oxygen atoms in total. The predicted molar refractivity (Wildman–Crippen MR) is 108 cm³/mol. The van der Waals surface area contributed by atoms with Gasteiger partial charge in [-0.2, -0.15) is 0 Å². The quantitative estimate of drug-likeness (QED) is 0.678. The molecule has 0 aliphatic carbocycles. The van der Waals surface area contributed by atoms with Crippen LogP contribution in [0.4, 0.5) is 0 Å². The van der Waals surface area contributed by atoms with Crippen LogP contribution in [0.15, 0.2) is 0 Å². The number of carbonyl (C=O) groups excluding carboxylic acids is 3. The molecule has 0 aromatic heterocycles.